The predicted octanol–water partition coefficient (Wildman–Crippen LogP) is 1.32. The van der Waals surface area contributed by atoms with E-state index in [-0.39, 0.29) is 18.3 Å². The van der Waals surface area contributed by atoms with Crippen LogP contribution in [0.25, 0.3) is 0 Å². The molecule has 5 N–H and O–H groups in total. The fraction of sp³-hybridized carbons (Fsp3) is 0.385. The molecular formula is C13H20ClN3O2. The average Bonchev–Trinajstić information content (AvgIpc) is 2.23. The van der Waals surface area contributed by atoms with E-state index < -0.39 is 17.4 Å². The summed E-state index contributed by atoms with van der Waals surface area (Å²) < 4.78 is 0. The average molecular weight is 286 g/mol. The lowest BCUT2D eigenvalue weighted by Gasteiger charge is -2.28. The molecule has 6 heteroatoms. The lowest BCUT2D eigenvalue weighted by Crippen LogP contribution is -2.52. The van der Waals surface area contributed by atoms with Crippen molar-refractivity contribution in [2.45, 2.75) is 26.8 Å². The molecule has 0 spiro atoms. The smallest absolute Gasteiger partial charge is 0.252 e. The van der Waals surface area contributed by atoms with Gasteiger partial charge < -0.3 is 16.8 Å². The maximum atomic E-state index is 12.0. The van der Waals surface area contributed by atoms with E-state index in [9.17, 15) is 9.59 Å². The van der Waals surface area contributed by atoms with Crippen molar-refractivity contribution in [2.75, 3.05) is 5.73 Å². The molecule has 0 aliphatic carbocycles. The third-order valence-electron chi connectivity index (χ3n) is 2.57. The number of hydrogen-bond donors (Lipinski definition) is 3. The van der Waals surface area contributed by atoms with E-state index in [1.807, 2.05) is 20.8 Å². The lowest BCUT2D eigenvalue weighted by atomic mass is 9.86. The Morgan fingerprint density at radius 2 is 1.84 bits per heavy atom. The number of anilines is 1. The molecule has 5 nitrogen and oxygen atoms in total. The van der Waals surface area contributed by atoms with E-state index >= 15 is 0 Å². The summed E-state index contributed by atoms with van der Waals surface area (Å²) >= 11 is 0. The molecule has 1 aromatic carbocycles. The molecule has 0 saturated carbocycles. The van der Waals surface area contributed by atoms with Crippen LogP contribution in [-0.4, -0.2) is 17.9 Å². The van der Waals surface area contributed by atoms with Gasteiger partial charge in [-0.2, -0.15) is 0 Å². The summed E-state index contributed by atoms with van der Waals surface area (Å²) in [5, 5.41) is 2.63. The second-order valence-corrected chi connectivity index (χ2v) is 5.30. The SMILES string of the molecule is CC(C)(C)C(NC(=O)c1cccc(N)c1)C(N)=O.Cl. The van der Waals surface area contributed by atoms with Crippen LogP contribution in [-0.2, 0) is 4.79 Å². The Morgan fingerprint density at radius 1 is 1.26 bits per heavy atom. The Labute approximate surface area is 119 Å². The van der Waals surface area contributed by atoms with Crippen molar-refractivity contribution in [3.8, 4) is 0 Å². The third kappa shape index (κ3) is 4.79. The summed E-state index contributed by atoms with van der Waals surface area (Å²) in [6, 6.07) is 5.82. The summed E-state index contributed by atoms with van der Waals surface area (Å²) in [4.78, 5) is 23.3. The van der Waals surface area contributed by atoms with Crippen LogP contribution < -0.4 is 16.8 Å². The standard InChI is InChI=1S/C13H19N3O2.ClH/c1-13(2,3)10(11(15)17)16-12(18)8-5-4-6-9(14)7-8;/h4-7,10H,14H2,1-3H3,(H2,15,17)(H,16,18);1H. The van der Waals surface area contributed by atoms with Gasteiger partial charge in [-0.15, -0.1) is 12.4 Å². The van der Waals surface area contributed by atoms with Crippen molar-refractivity contribution in [3.63, 3.8) is 0 Å². The zero-order chi connectivity index (χ0) is 13.9. The topological polar surface area (TPSA) is 98.2 Å². The molecule has 0 aromatic heterocycles. The maximum Gasteiger partial charge on any atom is 0.252 e. The van der Waals surface area contributed by atoms with Gasteiger partial charge >= 0.3 is 0 Å². The molecule has 0 saturated heterocycles. The van der Waals surface area contributed by atoms with Gasteiger partial charge in [0, 0.05) is 11.3 Å². The van der Waals surface area contributed by atoms with Crippen molar-refractivity contribution in [1.29, 1.82) is 0 Å². The number of nitrogens with two attached hydrogens (primary N) is 2. The van der Waals surface area contributed by atoms with Crippen LogP contribution in [0, 0.1) is 5.41 Å². The number of benzene rings is 1. The fourth-order valence-electron chi connectivity index (χ4n) is 1.61. The van der Waals surface area contributed by atoms with Crippen LogP contribution in [0.4, 0.5) is 5.69 Å². The first-order valence-electron chi connectivity index (χ1n) is 5.67. The highest BCUT2D eigenvalue weighted by Gasteiger charge is 2.31. The number of nitrogens with one attached hydrogen (secondary N) is 1. The minimum atomic E-state index is -0.730. The number of carbonyl (C=O) groups is 2. The molecule has 0 aliphatic rings. The maximum absolute atomic E-state index is 12.0. The quantitative estimate of drug-likeness (QED) is 0.731. The Kier molecular flexibility index (Phi) is 5.83. The molecule has 106 valence electrons. The largest absolute Gasteiger partial charge is 0.399 e. The van der Waals surface area contributed by atoms with Gasteiger partial charge in [-0.1, -0.05) is 26.8 Å². The molecule has 1 unspecified atom stereocenters. The third-order valence-corrected chi connectivity index (χ3v) is 2.57. The molecule has 0 bridgehead atoms. The summed E-state index contributed by atoms with van der Waals surface area (Å²) in [5.74, 6) is -0.916. The molecule has 0 fully saturated rings. The molecule has 1 rings (SSSR count). The summed E-state index contributed by atoms with van der Waals surface area (Å²) in [7, 11) is 0. The molecular weight excluding hydrogens is 266 g/mol. The van der Waals surface area contributed by atoms with Crippen molar-refractivity contribution in [3.05, 3.63) is 29.8 Å². The first-order chi connectivity index (χ1) is 8.21. The Bertz CT molecular complexity index is 469. The summed E-state index contributed by atoms with van der Waals surface area (Å²) in [6.45, 7) is 5.51. The van der Waals surface area contributed by atoms with Crippen LogP contribution >= 0.6 is 12.4 Å². The number of rotatable bonds is 3. The molecule has 0 heterocycles. The van der Waals surface area contributed by atoms with Gasteiger partial charge in [0.25, 0.3) is 5.91 Å². The molecule has 1 atom stereocenters. The zero-order valence-corrected chi connectivity index (χ0v) is 12.1. The van der Waals surface area contributed by atoms with E-state index in [2.05, 4.69) is 5.32 Å². The molecule has 2 amide bonds. The summed E-state index contributed by atoms with van der Waals surface area (Å²) in [6.07, 6.45) is 0. The first-order valence-corrected chi connectivity index (χ1v) is 5.67. The first kappa shape index (κ1) is 17.2. The van der Waals surface area contributed by atoms with Gasteiger partial charge in [0.15, 0.2) is 0 Å². The van der Waals surface area contributed by atoms with Gasteiger partial charge in [0.1, 0.15) is 6.04 Å². The minimum Gasteiger partial charge on any atom is -0.399 e. The monoisotopic (exact) mass is 285 g/mol. The Balaban J connectivity index is 0.00000324. The van der Waals surface area contributed by atoms with E-state index in [4.69, 9.17) is 11.5 Å². The normalized spacial score (nSPS) is 12.2. The molecule has 19 heavy (non-hydrogen) atoms. The number of nitrogen functional groups attached to an aromatic ring is 1. The van der Waals surface area contributed by atoms with E-state index in [1.165, 1.54) is 0 Å². The van der Waals surface area contributed by atoms with Gasteiger partial charge in [-0.05, 0) is 23.6 Å². The van der Waals surface area contributed by atoms with Gasteiger partial charge in [-0.25, -0.2) is 0 Å². The zero-order valence-electron chi connectivity index (χ0n) is 11.3. The molecule has 0 aliphatic heterocycles. The summed E-state index contributed by atoms with van der Waals surface area (Å²) in [5.41, 5.74) is 11.4. The van der Waals surface area contributed by atoms with Crippen molar-refractivity contribution >= 4 is 29.9 Å². The van der Waals surface area contributed by atoms with Crippen molar-refractivity contribution < 1.29 is 9.59 Å². The van der Waals surface area contributed by atoms with E-state index in [1.54, 1.807) is 24.3 Å². The van der Waals surface area contributed by atoms with E-state index in [0.717, 1.165) is 0 Å². The van der Waals surface area contributed by atoms with Crippen LogP contribution in [0.1, 0.15) is 31.1 Å². The van der Waals surface area contributed by atoms with Crippen LogP contribution in [0.15, 0.2) is 24.3 Å². The Hall–Kier alpha value is -1.75. The van der Waals surface area contributed by atoms with Crippen molar-refractivity contribution in [1.82, 2.24) is 5.32 Å². The fourth-order valence-corrected chi connectivity index (χ4v) is 1.61. The minimum absolute atomic E-state index is 0. The number of hydrogen-bond acceptors (Lipinski definition) is 3. The predicted molar refractivity (Wildman–Crippen MR) is 78.0 cm³/mol. The number of primary amides is 1. The van der Waals surface area contributed by atoms with Crippen LogP contribution in [0.3, 0.4) is 0 Å². The lowest BCUT2D eigenvalue weighted by molar-refractivity contribution is -0.122. The van der Waals surface area contributed by atoms with Crippen molar-refractivity contribution in [2.24, 2.45) is 11.1 Å². The van der Waals surface area contributed by atoms with Gasteiger partial charge in [0.05, 0.1) is 0 Å². The number of carbonyl (C=O) groups excluding carboxylic acids is 2. The number of amides is 2. The second-order valence-electron chi connectivity index (χ2n) is 5.30. The van der Waals surface area contributed by atoms with Gasteiger partial charge in [-0.3, -0.25) is 9.59 Å². The van der Waals surface area contributed by atoms with E-state index in [0.29, 0.717) is 11.3 Å². The highest BCUT2D eigenvalue weighted by atomic mass is 35.5. The highest BCUT2D eigenvalue weighted by molar-refractivity contribution is 5.98. The Morgan fingerprint density at radius 3 is 2.26 bits per heavy atom. The van der Waals surface area contributed by atoms with Crippen LogP contribution in [0.2, 0.25) is 0 Å². The second kappa shape index (κ2) is 6.43. The van der Waals surface area contributed by atoms with Crippen LogP contribution in [0.5, 0.6) is 0 Å². The number of halogens is 1. The van der Waals surface area contributed by atoms with Gasteiger partial charge in [0.2, 0.25) is 5.91 Å². The molecule has 1 aromatic rings. The highest BCUT2D eigenvalue weighted by Crippen LogP contribution is 2.19. The molecule has 0 radical (unpaired) electrons.